The Balaban J connectivity index is 1.99. The number of benzene rings is 3. The van der Waals surface area contributed by atoms with Gasteiger partial charge in [-0.3, -0.25) is 4.79 Å². The van der Waals surface area contributed by atoms with Crippen molar-refractivity contribution >= 4 is 11.6 Å². The van der Waals surface area contributed by atoms with Crippen LogP contribution in [0.5, 0.6) is 0 Å². The van der Waals surface area contributed by atoms with Gasteiger partial charge in [0, 0.05) is 16.9 Å². The number of hydrogen-bond donors (Lipinski definition) is 6. The van der Waals surface area contributed by atoms with E-state index in [1.165, 1.54) is 12.1 Å². The van der Waals surface area contributed by atoms with Crippen molar-refractivity contribution in [2.24, 2.45) is 0 Å². The van der Waals surface area contributed by atoms with Crippen LogP contribution in [0, 0.1) is 5.82 Å². The molecule has 0 spiro atoms. The Morgan fingerprint density at radius 2 is 1.37 bits per heavy atom. The smallest absolute Gasteiger partial charge is 0.258 e. The van der Waals surface area contributed by atoms with Gasteiger partial charge in [0.2, 0.25) is 0 Å². The van der Waals surface area contributed by atoms with E-state index < -0.39 is 42.7 Å². The Labute approximate surface area is 238 Å². The first kappa shape index (κ1) is 30.1. The highest BCUT2D eigenvalue weighted by Crippen LogP contribution is 2.42. The minimum Gasteiger partial charge on any atom is -0.394 e. The van der Waals surface area contributed by atoms with Crippen LogP contribution in [-0.4, -0.2) is 67.0 Å². The highest BCUT2D eigenvalue weighted by Gasteiger charge is 2.35. The van der Waals surface area contributed by atoms with Gasteiger partial charge >= 0.3 is 0 Å². The van der Waals surface area contributed by atoms with Crippen molar-refractivity contribution in [3.8, 4) is 22.4 Å². The maximum absolute atomic E-state index is 14.0. The number of nitrogens with one attached hydrogen (secondary N) is 1. The van der Waals surface area contributed by atoms with Crippen molar-refractivity contribution < 1.29 is 34.7 Å². The molecule has 216 valence electrons. The van der Waals surface area contributed by atoms with E-state index in [0.29, 0.717) is 39.3 Å². The second kappa shape index (κ2) is 13.2. The number of aliphatic hydroxyl groups is 5. The first-order chi connectivity index (χ1) is 19.6. The van der Waals surface area contributed by atoms with Crippen molar-refractivity contribution in [1.82, 2.24) is 4.57 Å². The van der Waals surface area contributed by atoms with Crippen LogP contribution in [0.15, 0.2) is 84.9 Å². The highest BCUT2D eigenvalue weighted by atomic mass is 19.1. The van der Waals surface area contributed by atoms with E-state index in [4.69, 9.17) is 0 Å². The number of carbonyl (C=O) groups excluding carboxylic acids is 1. The molecular formula is C32H35FN2O6. The number of rotatable bonds is 11. The van der Waals surface area contributed by atoms with Gasteiger partial charge in [0.25, 0.3) is 5.91 Å². The molecule has 41 heavy (non-hydrogen) atoms. The van der Waals surface area contributed by atoms with Crippen LogP contribution in [0.25, 0.3) is 22.4 Å². The van der Waals surface area contributed by atoms with E-state index in [1.807, 2.05) is 50.2 Å². The largest absolute Gasteiger partial charge is 0.394 e. The molecular weight excluding hydrogens is 527 g/mol. The second-order valence-electron chi connectivity index (χ2n) is 10.2. The van der Waals surface area contributed by atoms with Gasteiger partial charge in [0.05, 0.1) is 24.4 Å². The minimum atomic E-state index is -1.82. The summed E-state index contributed by atoms with van der Waals surface area (Å²) in [6.07, 6.45) is -6.92. The summed E-state index contributed by atoms with van der Waals surface area (Å²) >= 11 is 0. The Kier molecular flexibility index (Phi) is 9.69. The predicted molar refractivity (Wildman–Crippen MR) is 155 cm³/mol. The monoisotopic (exact) mass is 562 g/mol. The fraction of sp³-hybridized carbons (Fsp3) is 0.281. The topological polar surface area (TPSA) is 135 Å². The predicted octanol–water partition coefficient (Wildman–Crippen LogP) is 3.77. The number of para-hydroxylation sites is 1. The molecule has 0 unspecified atom stereocenters. The van der Waals surface area contributed by atoms with Gasteiger partial charge in [-0.25, -0.2) is 4.39 Å². The molecule has 9 heteroatoms. The Hall–Kier alpha value is -3.86. The molecule has 0 bridgehead atoms. The van der Waals surface area contributed by atoms with Crippen molar-refractivity contribution in [2.45, 2.75) is 50.7 Å². The summed E-state index contributed by atoms with van der Waals surface area (Å²) in [6.45, 7) is 2.69. The van der Waals surface area contributed by atoms with Crippen LogP contribution in [0.3, 0.4) is 0 Å². The van der Waals surface area contributed by atoms with Gasteiger partial charge in [-0.15, -0.1) is 0 Å². The third kappa shape index (κ3) is 6.56. The number of amides is 1. The molecule has 0 fully saturated rings. The summed E-state index contributed by atoms with van der Waals surface area (Å²) in [6, 6.07) is 23.9. The van der Waals surface area contributed by atoms with E-state index >= 15 is 0 Å². The molecule has 3 aromatic carbocycles. The van der Waals surface area contributed by atoms with Crippen molar-refractivity contribution in [2.75, 3.05) is 11.9 Å². The van der Waals surface area contributed by atoms with Crippen molar-refractivity contribution in [3.05, 3.63) is 102 Å². The van der Waals surface area contributed by atoms with Gasteiger partial charge in [-0.05, 0) is 53.4 Å². The molecule has 4 rings (SSSR count). The summed E-state index contributed by atoms with van der Waals surface area (Å²) in [5.74, 6) is -1.11. The highest BCUT2D eigenvalue weighted by molar-refractivity contribution is 6.12. The van der Waals surface area contributed by atoms with Crippen LogP contribution in [0.1, 0.15) is 35.8 Å². The number of carbonyl (C=O) groups is 1. The number of nitrogens with zero attached hydrogens (tertiary/aromatic N) is 1. The summed E-state index contributed by atoms with van der Waals surface area (Å²) < 4.78 is 15.7. The summed E-state index contributed by atoms with van der Waals surface area (Å²) in [5.41, 5.74) is 3.78. The molecule has 1 aromatic heterocycles. The molecule has 0 saturated carbocycles. The van der Waals surface area contributed by atoms with Gasteiger partial charge in [0.1, 0.15) is 30.2 Å². The number of halogens is 1. The lowest BCUT2D eigenvalue weighted by molar-refractivity contribution is -0.117. The molecule has 6 N–H and O–H groups in total. The molecule has 0 aliphatic carbocycles. The zero-order valence-electron chi connectivity index (χ0n) is 22.9. The maximum atomic E-state index is 14.0. The van der Waals surface area contributed by atoms with Crippen molar-refractivity contribution in [3.63, 3.8) is 0 Å². The van der Waals surface area contributed by atoms with E-state index in [1.54, 1.807) is 41.0 Å². The normalized spacial score (nSPS) is 14.5. The van der Waals surface area contributed by atoms with Gasteiger partial charge in [-0.2, -0.15) is 0 Å². The quantitative estimate of drug-likeness (QED) is 0.165. The van der Waals surface area contributed by atoms with Crippen molar-refractivity contribution in [1.29, 1.82) is 0 Å². The van der Waals surface area contributed by atoms with E-state index in [2.05, 4.69) is 5.32 Å². The molecule has 0 radical (unpaired) electrons. The molecule has 0 saturated heterocycles. The van der Waals surface area contributed by atoms with Gasteiger partial charge in [0.15, 0.2) is 0 Å². The van der Waals surface area contributed by atoms with Crippen LogP contribution >= 0.6 is 0 Å². The fourth-order valence-electron chi connectivity index (χ4n) is 5.02. The number of hydrogen-bond acceptors (Lipinski definition) is 6. The minimum absolute atomic E-state index is 0.263. The Morgan fingerprint density at radius 3 is 1.93 bits per heavy atom. The summed E-state index contributed by atoms with van der Waals surface area (Å²) in [7, 11) is 0. The number of aliphatic hydroxyl groups excluding tert-OH is 5. The maximum Gasteiger partial charge on any atom is 0.258 e. The molecule has 4 atom stereocenters. The molecule has 8 nitrogen and oxygen atoms in total. The molecule has 1 heterocycles. The van der Waals surface area contributed by atoms with Gasteiger partial charge < -0.3 is 35.4 Å². The van der Waals surface area contributed by atoms with Crippen LogP contribution < -0.4 is 5.32 Å². The zero-order valence-corrected chi connectivity index (χ0v) is 22.9. The SMILES string of the molecule is CC(C)c1c(C(=O)Nc2ccccc2)c(-c2ccccc2)c(-c2ccc(F)cc2)n1C[C@@H](O)[C@@H](O)[C@H](O)[C@@H](O)CO. The second-order valence-corrected chi connectivity index (χ2v) is 10.2. The molecule has 0 aliphatic rings. The molecule has 1 amide bonds. The van der Waals surface area contributed by atoms with Crippen LogP contribution in [-0.2, 0) is 6.54 Å². The van der Waals surface area contributed by atoms with E-state index in [9.17, 15) is 34.7 Å². The lowest BCUT2D eigenvalue weighted by atomic mass is 9.94. The van der Waals surface area contributed by atoms with Crippen LogP contribution in [0.4, 0.5) is 10.1 Å². The summed E-state index contributed by atoms with van der Waals surface area (Å²) in [5, 5.41) is 54.0. The third-order valence-electron chi connectivity index (χ3n) is 6.98. The average molecular weight is 563 g/mol. The Morgan fingerprint density at radius 1 is 0.805 bits per heavy atom. The number of aromatic nitrogens is 1. The standard InChI is InChI=1S/C32H35FN2O6/c1-19(2)28-27(32(41)34-23-11-7-4-8-12-23)26(20-9-5-3-6-10-20)29(21-13-15-22(33)16-14-21)35(28)17-24(37)30(39)31(40)25(38)18-36/h3-16,19,24-25,30-31,36-40H,17-18H2,1-2H3,(H,34,41)/t24-,25+,30-,31-/m1/s1. The van der Waals surface area contributed by atoms with Gasteiger partial charge in [-0.1, -0.05) is 62.4 Å². The lowest BCUT2D eigenvalue weighted by Crippen LogP contribution is -2.47. The van der Waals surface area contributed by atoms with E-state index in [0.717, 1.165) is 0 Å². The average Bonchev–Trinajstić information content (AvgIpc) is 3.32. The molecule has 0 aliphatic heterocycles. The van der Waals surface area contributed by atoms with Crippen LogP contribution in [0.2, 0.25) is 0 Å². The zero-order chi connectivity index (χ0) is 29.7. The molecule has 4 aromatic rings. The summed E-state index contributed by atoms with van der Waals surface area (Å²) in [4.78, 5) is 14.0. The van der Waals surface area contributed by atoms with E-state index in [-0.39, 0.29) is 12.5 Å². The third-order valence-corrected chi connectivity index (χ3v) is 6.98. The first-order valence-corrected chi connectivity index (χ1v) is 13.4. The number of anilines is 1. The lowest BCUT2D eigenvalue weighted by Gasteiger charge is -2.27. The fourth-order valence-corrected chi connectivity index (χ4v) is 5.02. The Bertz CT molecular complexity index is 1440. The first-order valence-electron chi connectivity index (χ1n) is 13.4.